The summed E-state index contributed by atoms with van der Waals surface area (Å²) in [7, 11) is 1.62. The molecule has 0 atom stereocenters. The van der Waals surface area contributed by atoms with Gasteiger partial charge in [-0.2, -0.15) is 0 Å². The van der Waals surface area contributed by atoms with E-state index in [0.29, 0.717) is 25.3 Å². The van der Waals surface area contributed by atoms with Crippen molar-refractivity contribution in [1.82, 2.24) is 15.6 Å². The predicted octanol–water partition coefficient (Wildman–Crippen LogP) is 2.09. The Morgan fingerprint density at radius 2 is 1.84 bits per heavy atom. The van der Waals surface area contributed by atoms with Gasteiger partial charge < -0.3 is 15.4 Å². The molecule has 25 heavy (non-hydrogen) atoms. The van der Waals surface area contributed by atoms with Crippen LogP contribution in [-0.4, -0.2) is 37.1 Å². The first-order valence-corrected chi connectivity index (χ1v) is 8.17. The highest BCUT2D eigenvalue weighted by Crippen LogP contribution is 2.05. The lowest BCUT2D eigenvalue weighted by atomic mass is 10.1. The van der Waals surface area contributed by atoms with Gasteiger partial charge in [-0.25, -0.2) is 0 Å². The maximum Gasteiger partial charge on any atom is 0.270 e. The van der Waals surface area contributed by atoms with E-state index in [1.54, 1.807) is 13.2 Å². The number of nitrogens with one attached hydrogen (secondary N) is 2. The zero-order valence-electron chi connectivity index (χ0n) is 14.5. The summed E-state index contributed by atoms with van der Waals surface area (Å²) in [5.74, 6) is -0.541. The molecule has 132 valence electrons. The Bertz CT molecular complexity index is 714. The van der Waals surface area contributed by atoms with Crippen molar-refractivity contribution in [1.29, 1.82) is 0 Å². The normalized spacial score (nSPS) is 10.3. The maximum absolute atomic E-state index is 12.2. The molecule has 0 aliphatic carbocycles. The van der Waals surface area contributed by atoms with Crippen molar-refractivity contribution in [2.24, 2.45) is 0 Å². The topological polar surface area (TPSA) is 80.3 Å². The third-order valence-corrected chi connectivity index (χ3v) is 3.64. The van der Waals surface area contributed by atoms with E-state index in [0.717, 1.165) is 12.0 Å². The molecule has 0 unspecified atom stereocenters. The minimum Gasteiger partial charge on any atom is -0.385 e. The molecule has 0 saturated carbocycles. The quantitative estimate of drug-likeness (QED) is 0.721. The molecule has 0 spiro atoms. The van der Waals surface area contributed by atoms with Crippen LogP contribution in [0.2, 0.25) is 0 Å². The average Bonchev–Trinajstić information content (AvgIpc) is 2.64. The summed E-state index contributed by atoms with van der Waals surface area (Å²) < 4.78 is 4.94. The standard InChI is InChI=1S/C19H23N3O3/c1-14-4-6-15(7-5-14)13-22-19(24)17-12-16(8-10-20-17)18(23)21-9-3-11-25-2/h4-8,10,12H,3,9,11,13H2,1-2H3,(H,21,23)(H,22,24). The van der Waals surface area contributed by atoms with Crippen LogP contribution in [0, 0.1) is 6.92 Å². The number of rotatable bonds is 8. The summed E-state index contributed by atoms with van der Waals surface area (Å²) in [6.45, 7) is 3.53. The molecule has 6 heteroatoms. The zero-order chi connectivity index (χ0) is 18.1. The number of aryl methyl sites for hydroxylation is 1. The highest BCUT2D eigenvalue weighted by molar-refractivity contribution is 5.98. The lowest BCUT2D eigenvalue weighted by molar-refractivity contribution is 0.0946. The number of benzene rings is 1. The van der Waals surface area contributed by atoms with Crippen LogP contribution < -0.4 is 10.6 Å². The largest absolute Gasteiger partial charge is 0.385 e. The summed E-state index contributed by atoms with van der Waals surface area (Å²) >= 11 is 0. The van der Waals surface area contributed by atoms with Gasteiger partial charge in [-0.05, 0) is 31.0 Å². The van der Waals surface area contributed by atoms with E-state index >= 15 is 0 Å². The van der Waals surface area contributed by atoms with E-state index in [9.17, 15) is 9.59 Å². The minimum absolute atomic E-state index is 0.219. The molecule has 6 nitrogen and oxygen atoms in total. The fourth-order valence-electron chi connectivity index (χ4n) is 2.20. The number of pyridine rings is 1. The van der Waals surface area contributed by atoms with Gasteiger partial charge in [-0.1, -0.05) is 29.8 Å². The summed E-state index contributed by atoms with van der Waals surface area (Å²) in [5, 5.41) is 5.60. The van der Waals surface area contributed by atoms with E-state index in [1.807, 2.05) is 31.2 Å². The van der Waals surface area contributed by atoms with E-state index < -0.39 is 0 Å². The molecule has 2 N–H and O–H groups in total. The van der Waals surface area contributed by atoms with Crippen LogP contribution in [0.1, 0.15) is 38.4 Å². The first kappa shape index (κ1) is 18.6. The van der Waals surface area contributed by atoms with Gasteiger partial charge >= 0.3 is 0 Å². The van der Waals surface area contributed by atoms with E-state index in [-0.39, 0.29) is 17.5 Å². The van der Waals surface area contributed by atoms with Gasteiger partial charge in [-0.15, -0.1) is 0 Å². The van der Waals surface area contributed by atoms with Crippen molar-refractivity contribution in [2.45, 2.75) is 19.9 Å². The Labute approximate surface area is 147 Å². The predicted molar refractivity (Wildman–Crippen MR) is 95.4 cm³/mol. The number of methoxy groups -OCH3 is 1. The number of aromatic nitrogens is 1. The van der Waals surface area contributed by atoms with Crippen molar-refractivity contribution in [3.63, 3.8) is 0 Å². The molecule has 2 amide bonds. The highest BCUT2D eigenvalue weighted by atomic mass is 16.5. The van der Waals surface area contributed by atoms with Crippen LogP contribution in [0.5, 0.6) is 0 Å². The number of hydrogen-bond donors (Lipinski definition) is 2. The third-order valence-electron chi connectivity index (χ3n) is 3.64. The van der Waals surface area contributed by atoms with Crippen molar-refractivity contribution in [3.8, 4) is 0 Å². The molecule has 2 aromatic rings. The second-order valence-electron chi connectivity index (χ2n) is 5.70. The molecule has 1 aromatic heterocycles. The van der Waals surface area contributed by atoms with Crippen LogP contribution in [0.4, 0.5) is 0 Å². The van der Waals surface area contributed by atoms with E-state index in [1.165, 1.54) is 17.8 Å². The zero-order valence-corrected chi connectivity index (χ0v) is 14.5. The maximum atomic E-state index is 12.2. The smallest absolute Gasteiger partial charge is 0.270 e. The first-order chi connectivity index (χ1) is 12.1. The van der Waals surface area contributed by atoms with Crippen molar-refractivity contribution < 1.29 is 14.3 Å². The summed E-state index contributed by atoms with van der Waals surface area (Å²) in [5.41, 5.74) is 2.80. The molecule has 0 aliphatic heterocycles. The Morgan fingerprint density at radius 1 is 1.08 bits per heavy atom. The van der Waals surface area contributed by atoms with Crippen LogP contribution in [0.3, 0.4) is 0 Å². The lowest BCUT2D eigenvalue weighted by Crippen LogP contribution is -2.27. The summed E-state index contributed by atoms with van der Waals surface area (Å²) in [6.07, 6.45) is 2.20. The highest BCUT2D eigenvalue weighted by Gasteiger charge is 2.11. The number of ether oxygens (including phenoxy) is 1. The van der Waals surface area contributed by atoms with Gasteiger partial charge in [-0.3, -0.25) is 14.6 Å². The second-order valence-corrected chi connectivity index (χ2v) is 5.70. The Balaban J connectivity index is 1.91. The average molecular weight is 341 g/mol. The van der Waals surface area contributed by atoms with Crippen LogP contribution in [0.15, 0.2) is 42.6 Å². The van der Waals surface area contributed by atoms with Crippen molar-refractivity contribution >= 4 is 11.8 Å². The molecule has 0 fully saturated rings. The number of hydrogen-bond acceptors (Lipinski definition) is 4. The van der Waals surface area contributed by atoms with Crippen LogP contribution >= 0.6 is 0 Å². The number of carbonyl (C=O) groups excluding carboxylic acids is 2. The van der Waals surface area contributed by atoms with Crippen molar-refractivity contribution in [2.75, 3.05) is 20.3 Å². The summed E-state index contributed by atoms with van der Waals surface area (Å²) in [6, 6.07) is 11.0. The Hall–Kier alpha value is -2.73. The number of amides is 2. The summed E-state index contributed by atoms with van der Waals surface area (Å²) in [4.78, 5) is 28.4. The number of nitrogens with zero attached hydrogens (tertiary/aromatic N) is 1. The van der Waals surface area contributed by atoms with Gasteiger partial charge in [0, 0.05) is 38.6 Å². The molecule has 0 aliphatic rings. The van der Waals surface area contributed by atoms with Gasteiger partial charge in [0.1, 0.15) is 5.69 Å². The number of carbonyl (C=O) groups is 2. The first-order valence-electron chi connectivity index (χ1n) is 8.17. The molecule has 0 bridgehead atoms. The van der Waals surface area contributed by atoms with Gasteiger partial charge in [0.05, 0.1) is 0 Å². The minimum atomic E-state index is -0.311. The molecule has 0 radical (unpaired) electrons. The van der Waals surface area contributed by atoms with Gasteiger partial charge in [0.25, 0.3) is 11.8 Å². The molecule has 1 aromatic carbocycles. The Kier molecular flexibility index (Phi) is 7.10. The Morgan fingerprint density at radius 3 is 2.56 bits per heavy atom. The molecule has 1 heterocycles. The van der Waals surface area contributed by atoms with Gasteiger partial charge in [0.15, 0.2) is 0 Å². The van der Waals surface area contributed by atoms with E-state index in [2.05, 4.69) is 15.6 Å². The van der Waals surface area contributed by atoms with Gasteiger partial charge in [0.2, 0.25) is 0 Å². The second kappa shape index (κ2) is 9.54. The lowest BCUT2D eigenvalue weighted by Gasteiger charge is -2.08. The fraction of sp³-hybridized carbons (Fsp3) is 0.316. The molecule has 0 saturated heterocycles. The fourth-order valence-corrected chi connectivity index (χ4v) is 2.20. The van der Waals surface area contributed by atoms with Crippen LogP contribution in [0.25, 0.3) is 0 Å². The monoisotopic (exact) mass is 341 g/mol. The van der Waals surface area contributed by atoms with Crippen LogP contribution in [-0.2, 0) is 11.3 Å². The SMILES string of the molecule is COCCCNC(=O)c1ccnc(C(=O)NCc2ccc(C)cc2)c1. The molecular formula is C19H23N3O3. The van der Waals surface area contributed by atoms with E-state index in [4.69, 9.17) is 4.74 Å². The molecule has 2 rings (SSSR count). The molecular weight excluding hydrogens is 318 g/mol. The van der Waals surface area contributed by atoms with Crippen molar-refractivity contribution in [3.05, 3.63) is 65.0 Å². The third kappa shape index (κ3) is 6.00.